The van der Waals surface area contributed by atoms with E-state index in [1.165, 1.54) is 20.9 Å². The lowest BCUT2D eigenvalue weighted by molar-refractivity contribution is -0.134. The Labute approximate surface area is 207 Å². The van der Waals surface area contributed by atoms with Crippen molar-refractivity contribution in [2.75, 3.05) is 39.0 Å². The van der Waals surface area contributed by atoms with E-state index in [0.29, 0.717) is 18.2 Å². The highest BCUT2D eigenvalue weighted by Gasteiger charge is 2.29. The second-order valence-corrected chi connectivity index (χ2v) is 10.5. The van der Waals surface area contributed by atoms with Gasteiger partial charge in [-0.05, 0) is 60.7 Å². The predicted molar refractivity (Wildman–Crippen MR) is 133 cm³/mol. The first kappa shape index (κ1) is 26.3. The molecule has 1 unspecified atom stereocenters. The van der Waals surface area contributed by atoms with Crippen molar-refractivity contribution in [1.82, 2.24) is 9.80 Å². The summed E-state index contributed by atoms with van der Waals surface area (Å²) in [5, 5.41) is 15.6. The van der Waals surface area contributed by atoms with E-state index in [1.807, 2.05) is 17.8 Å². The molecule has 2 aliphatic heterocycles. The number of carboxylic acid groups (broad SMARTS) is 2. The van der Waals surface area contributed by atoms with Crippen LogP contribution in [0.1, 0.15) is 24.1 Å². The summed E-state index contributed by atoms with van der Waals surface area (Å²) in [7, 11) is 2.20. The van der Waals surface area contributed by atoms with Gasteiger partial charge in [0.05, 0.1) is 0 Å². The molecule has 0 saturated carbocycles. The summed E-state index contributed by atoms with van der Waals surface area (Å²) in [6.07, 6.45) is 2.07. The highest BCUT2D eigenvalue weighted by Crippen LogP contribution is 2.44. The van der Waals surface area contributed by atoms with Gasteiger partial charge in [-0.2, -0.15) is 0 Å². The first-order chi connectivity index (χ1) is 16.3. The molecule has 1 atom stereocenters. The van der Waals surface area contributed by atoms with Crippen LogP contribution in [0.5, 0.6) is 0 Å². The number of benzene rings is 2. The Kier molecular flexibility index (Phi) is 9.58. The van der Waals surface area contributed by atoms with Crippen molar-refractivity contribution in [3.8, 4) is 0 Å². The Morgan fingerprint density at radius 3 is 2.35 bits per heavy atom. The first-order valence-corrected chi connectivity index (χ1v) is 12.9. The van der Waals surface area contributed by atoms with Gasteiger partial charge in [0.1, 0.15) is 5.82 Å². The molecule has 4 rings (SSSR count). The Morgan fingerprint density at radius 1 is 1.06 bits per heavy atom. The average molecular weight is 505 g/mol. The number of rotatable bonds is 5. The van der Waals surface area contributed by atoms with Gasteiger partial charge in [-0.25, -0.2) is 14.0 Å². The Morgan fingerprint density at radius 2 is 1.74 bits per heavy atom. The third kappa shape index (κ3) is 7.33. The highest BCUT2D eigenvalue weighted by molar-refractivity contribution is 7.99. The molecule has 2 heterocycles. The molecule has 0 amide bonds. The Bertz CT molecular complexity index is 1040. The molecule has 6 nitrogen and oxygen atoms in total. The number of carbonyl (C=O) groups is 2. The van der Waals surface area contributed by atoms with Gasteiger partial charge >= 0.3 is 11.9 Å². The summed E-state index contributed by atoms with van der Waals surface area (Å²) >= 11 is 3.62. The van der Waals surface area contributed by atoms with Crippen LogP contribution in [0.4, 0.5) is 4.39 Å². The fourth-order valence-electron chi connectivity index (χ4n) is 3.97. The molecular formula is C25H29FN2O4S2. The van der Waals surface area contributed by atoms with Crippen LogP contribution in [-0.4, -0.2) is 70.9 Å². The fraction of sp³-hybridized carbons (Fsp3) is 0.360. The smallest absolute Gasteiger partial charge is 0.328 e. The van der Waals surface area contributed by atoms with Crippen molar-refractivity contribution >= 4 is 35.5 Å². The zero-order chi connectivity index (χ0) is 24.7. The van der Waals surface area contributed by atoms with Crippen LogP contribution < -0.4 is 0 Å². The van der Waals surface area contributed by atoms with Crippen molar-refractivity contribution in [2.45, 2.75) is 34.1 Å². The van der Waals surface area contributed by atoms with Crippen LogP contribution in [-0.2, 0) is 16.0 Å². The van der Waals surface area contributed by atoms with Crippen LogP contribution >= 0.6 is 23.5 Å². The molecule has 0 spiro atoms. The van der Waals surface area contributed by atoms with Gasteiger partial charge in [0, 0.05) is 59.1 Å². The van der Waals surface area contributed by atoms with Gasteiger partial charge in [0.2, 0.25) is 0 Å². The van der Waals surface area contributed by atoms with Crippen molar-refractivity contribution in [2.24, 2.45) is 0 Å². The third-order valence-corrected chi connectivity index (χ3v) is 7.73. The molecule has 1 saturated heterocycles. The molecule has 34 heavy (non-hydrogen) atoms. The van der Waals surface area contributed by atoms with Crippen LogP contribution in [0.15, 0.2) is 63.2 Å². The molecule has 2 N–H and O–H groups in total. The van der Waals surface area contributed by atoms with E-state index >= 15 is 0 Å². The molecule has 0 bridgehead atoms. The van der Waals surface area contributed by atoms with Crippen molar-refractivity contribution in [3.05, 3.63) is 65.5 Å². The first-order valence-electron chi connectivity index (χ1n) is 11.1. The van der Waals surface area contributed by atoms with Gasteiger partial charge in [-0.15, -0.1) is 11.8 Å². The van der Waals surface area contributed by atoms with Gasteiger partial charge in [0.25, 0.3) is 0 Å². The van der Waals surface area contributed by atoms with Crippen molar-refractivity contribution < 1.29 is 24.2 Å². The van der Waals surface area contributed by atoms with E-state index in [-0.39, 0.29) is 5.82 Å². The number of nitrogens with zero attached hydrogens (tertiary/aromatic N) is 2. The van der Waals surface area contributed by atoms with E-state index in [9.17, 15) is 14.0 Å². The average Bonchev–Trinajstić information content (AvgIpc) is 2.95. The number of likely N-dealkylation sites (N-methyl/N-ethyl adjacent to an activating group) is 1. The molecule has 9 heteroatoms. The molecule has 0 aromatic heterocycles. The van der Waals surface area contributed by atoms with Gasteiger partial charge in [-0.1, -0.05) is 24.8 Å². The van der Waals surface area contributed by atoms with Gasteiger partial charge in [0.15, 0.2) is 0 Å². The van der Waals surface area contributed by atoms with Crippen molar-refractivity contribution in [1.29, 1.82) is 0 Å². The van der Waals surface area contributed by atoms with E-state index < -0.39 is 11.9 Å². The standard InChI is InChI=1S/C21H25FN2S2.C4H4O4/c1-3-25-17-6-7-20-18(14-17)19(24-10-8-23(2)9-11-24)12-15-4-5-16(22)13-21(15)26-20;5-3(6)1-2-4(7)8/h4-7,13-14,19H,3,8-12H2,1-2H3;1-2H,(H,5,6)(H,7,8). The summed E-state index contributed by atoms with van der Waals surface area (Å²) in [6.45, 7) is 6.60. The largest absolute Gasteiger partial charge is 0.478 e. The van der Waals surface area contributed by atoms with Crippen molar-refractivity contribution in [3.63, 3.8) is 0 Å². The lowest BCUT2D eigenvalue weighted by Gasteiger charge is -2.38. The molecule has 0 radical (unpaired) electrons. The summed E-state index contributed by atoms with van der Waals surface area (Å²) in [5.74, 6) is -1.58. The zero-order valence-corrected chi connectivity index (χ0v) is 20.9. The number of thioether (sulfide) groups is 1. The molecule has 2 aromatic carbocycles. The molecule has 2 aliphatic rings. The number of carboxylic acids is 2. The lowest BCUT2D eigenvalue weighted by atomic mass is 9.96. The summed E-state index contributed by atoms with van der Waals surface area (Å²) in [6, 6.07) is 12.5. The summed E-state index contributed by atoms with van der Waals surface area (Å²) in [5.41, 5.74) is 2.68. The highest BCUT2D eigenvalue weighted by atomic mass is 32.2. The lowest BCUT2D eigenvalue weighted by Crippen LogP contribution is -2.46. The number of halogens is 1. The van der Waals surface area contributed by atoms with Gasteiger partial charge < -0.3 is 15.1 Å². The van der Waals surface area contributed by atoms with E-state index in [2.05, 4.69) is 42.0 Å². The molecule has 1 fully saturated rings. The molecular weight excluding hydrogens is 475 g/mol. The maximum atomic E-state index is 13.8. The number of piperazine rings is 1. The summed E-state index contributed by atoms with van der Waals surface area (Å²) < 4.78 is 13.8. The SMILES string of the molecule is CCSc1ccc2c(c1)C(N1CCN(C)CC1)Cc1ccc(F)cc1S2.O=C(O)C=CC(=O)O. The summed E-state index contributed by atoms with van der Waals surface area (Å²) in [4.78, 5) is 27.8. The maximum absolute atomic E-state index is 13.8. The molecule has 0 aliphatic carbocycles. The number of aliphatic carboxylic acids is 2. The van der Waals surface area contributed by atoms with Crippen LogP contribution in [0, 0.1) is 5.82 Å². The predicted octanol–water partition coefficient (Wildman–Crippen LogP) is 4.65. The molecule has 2 aromatic rings. The second kappa shape index (κ2) is 12.4. The van der Waals surface area contributed by atoms with Crippen LogP contribution in [0.3, 0.4) is 0 Å². The van der Waals surface area contributed by atoms with Gasteiger partial charge in [-0.3, -0.25) is 4.90 Å². The minimum Gasteiger partial charge on any atom is -0.478 e. The number of fused-ring (bicyclic) bond motifs is 2. The molecule has 182 valence electrons. The van der Waals surface area contributed by atoms with Crippen LogP contribution in [0.25, 0.3) is 0 Å². The zero-order valence-electron chi connectivity index (χ0n) is 19.2. The van der Waals surface area contributed by atoms with E-state index in [4.69, 9.17) is 10.2 Å². The van der Waals surface area contributed by atoms with E-state index in [1.54, 1.807) is 23.9 Å². The number of hydrogen-bond donors (Lipinski definition) is 2. The quantitative estimate of drug-likeness (QED) is 0.450. The third-order valence-electron chi connectivity index (χ3n) is 5.66. The fourth-order valence-corrected chi connectivity index (χ4v) is 5.81. The Hall–Kier alpha value is -2.33. The normalized spacial score (nSPS) is 18.4. The monoisotopic (exact) mass is 504 g/mol. The second-order valence-electron chi connectivity index (χ2n) is 8.06. The van der Waals surface area contributed by atoms with Crippen LogP contribution in [0.2, 0.25) is 0 Å². The number of hydrogen-bond acceptors (Lipinski definition) is 6. The maximum Gasteiger partial charge on any atom is 0.328 e. The minimum absolute atomic E-state index is 0.144. The topological polar surface area (TPSA) is 81.1 Å². The van der Waals surface area contributed by atoms with E-state index in [0.717, 1.165) is 43.2 Å². The Balaban J connectivity index is 0.000000350. The minimum atomic E-state index is -1.26.